The first kappa shape index (κ1) is 11.6. The molecule has 1 heterocycles. The highest BCUT2D eigenvalue weighted by Crippen LogP contribution is 2.24. The Bertz CT molecular complexity index is 573. The normalized spacial score (nSPS) is 10.2. The second kappa shape index (κ2) is 4.97. The highest BCUT2D eigenvalue weighted by molar-refractivity contribution is 7.99. The lowest BCUT2D eigenvalue weighted by molar-refractivity contribution is 0.628. The van der Waals surface area contributed by atoms with Crippen molar-refractivity contribution in [1.29, 1.82) is 5.26 Å². The second-order valence-electron chi connectivity index (χ2n) is 3.29. The Morgan fingerprint density at radius 3 is 2.88 bits per heavy atom. The Balaban J connectivity index is 2.38. The minimum atomic E-state index is -0.333. The van der Waals surface area contributed by atoms with Crippen molar-refractivity contribution >= 4 is 11.8 Å². The molecule has 0 aliphatic heterocycles. The van der Waals surface area contributed by atoms with Gasteiger partial charge in [0, 0.05) is 7.05 Å². The summed E-state index contributed by atoms with van der Waals surface area (Å²) in [7, 11) is 1.75. The highest BCUT2D eigenvalue weighted by Gasteiger charge is 2.13. The van der Waals surface area contributed by atoms with Crippen LogP contribution in [0.1, 0.15) is 0 Å². The fourth-order valence-corrected chi connectivity index (χ4v) is 1.99. The summed E-state index contributed by atoms with van der Waals surface area (Å²) in [5.74, 6) is 0.423. The minimum absolute atomic E-state index is 0.295. The molecular formula is C11H9FN4S. The molecule has 0 amide bonds. The Kier molecular flexibility index (Phi) is 3.40. The van der Waals surface area contributed by atoms with Gasteiger partial charge in [-0.3, -0.25) is 0 Å². The summed E-state index contributed by atoms with van der Waals surface area (Å²) in [6, 6.07) is 8.41. The molecule has 1 aromatic carbocycles. The first-order valence-corrected chi connectivity index (χ1v) is 5.86. The van der Waals surface area contributed by atoms with Crippen LogP contribution in [0.3, 0.4) is 0 Å². The van der Waals surface area contributed by atoms with Crippen molar-refractivity contribution in [2.24, 2.45) is 7.05 Å². The van der Waals surface area contributed by atoms with Gasteiger partial charge in [0.25, 0.3) is 0 Å². The zero-order valence-electron chi connectivity index (χ0n) is 9.09. The maximum atomic E-state index is 13.6. The molecule has 0 saturated heterocycles. The van der Waals surface area contributed by atoms with Gasteiger partial charge in [0.05, 0.1) is 17.4 Å². The quantitative estimate of drug-likeness (QED) is 0.782. The van der Waals surface area contributed by atoms with Gasteiger partial charge in [-0.25, -0.2) is 4.39 Å². The molecule has 6 heteroatoms. The van der Waals surface area contributed by atoms with Crippen LogP contribution in [0.4, 0.5) is 4.39 Å². The molecule has 4 nitrogen and oxygen atoms in total. The molecule has 0 spiro atoms. The van der Waals surface area contributed by atoms with Crippen molar-refractivity contribution in [2.75, 3.05) is 5.75 Å². The molecular weight excluding hydrogens is 239 g/mol. The third-order valence-corrected chi connectivity index (χ3v) is 3.10. The van der Waals surface area contributed by atoms with Gasteiger partial charge in [-0.2, -0.15) is 5.26 Å². The van der Waals surface area contributed by atoms with Crippen molar-refractivity contribution in [3.8, 4) is 17.5 Å². The predicted octanol–water partition coefficient (Wildman–Crippen LogP) is 2.24. The maximum absolute atomic E-state index is 13.6. The van der Waals surface area contributed by atoms with Gasteiger partial charge in [0.15, 0.2) is 11.0 Å². The number of thioether (sulfide) groups is 1. The number of nitrogens with zero attached hydrogens (tertiary/aromatic N) is 4. The zero-order valence-corrected chi connectivity index (χ0v) is 9.91. The summed E-state index contributed by atoms with van der Waals surface area (Å²) in [6.07, 6.45) is 0. The predicted molar refractivity (Wildman–Crippen MR) is 62.7 cm³/mol. The van der Waals surface area contributed by atoms with Gasteiger partial charge in [0.2, 0.25) is 0 Å². The minimum Gasteiger partial charge on any atom is -0.305 e. The second-order valence-corrected chi connectivity index (χ2v) is 4.23. The summed E-state index contributed by atoms with van der Waals surface area (Å²) < 4.78 is 15.3. The van der Waals surface area contributed by atoms with E-state index in [2.05, 4.69) is 10.2 Å². The van der Waals surface area contributed by atoms with Gasteiger partial charge in [-0.1, -0.05) is 23.9 Å². The Labute approximate surface area is 102 Å². The molecule has 0 aliphatic carbocycles. The molecule has 17 heavy (non-hydrogen) atoms. The Hall–Kier alpha value is -1.87. The summed E-state index contributed by atoms with van der Waals surface area (Å²) in [6.45, 7) is 0. The highest BCUT2D eigenvalue weighted by atomic mass is 32.2. The molecule has 0 N–H and O–H groups in total. The van der Waals surface area contributed by atoms with Crippen LogP contribution in [0.5, 0.6) is 0 Å². The van der Waals surface area contributed by atoms with Crippen LogP contribution in [0.15, 0.2) is 29.4 Å². The third kappa shape index (κ3) is 2.29. The Morgan fingerprint density at radius 1 is 1.41 bits per heavy atom. The van der Waals surface area contributed by atoms with Crippen LogP contribution in [0.2, 0.25) is 0 Å². The van der Waals surface area contributed by atoms with Crippen molar-refractivity contribution < 1.29 is 4.39 Å². The molecule has 1 aromatic heterocycles. The number of aromatic nitrogens is 3. The fraction of sp³-hybridized carbons (Fsp3) is 0.182. The lowest BCUT2D eigenvalue weighted by Crippen LogP contribution is -1.96. The van der Waals surface area contributed by atoms with Gasteiger partial charge < -0.3 is 4.57 Å². The largest absolute Gasteiger partial charge is 0.305 e. The molecule has 86 valence electrons. The number of rotatable bonds is 3. The molecule has 0 aliphatic rings. The van der Waals surface area contributed by atoms with Crippen LogP contribution in [0.25, 0.3) is 11.4 Å². The SMILES string of the molecule is Cn1c(SCC#N)nnc1-c1ccccc1F. The van der Waals surface area contributed by atoms with E-state index in [1.54, 1.807) is 29.8 Å². The fourth-order valence-electron chi connectivity index (χ4n) is 1.41. The smallest absolute Gasteiger partial charge is 0.192 e. The van der Waals surface area contributed by atoms with E-state index in [9.17, 15) is 4.39 Å². The molecule has 2 aromatic rings. The van der Waals surface area contributed by atoms with Gasteiger partial charge >= 0.3 is 0 Å². The molecule has 0 atom stereocenters. The number of hydrogen-bond donors (Lipinski definition) is 0. The van der Waals surface area contributed by atoms with E-state index >= 15 is 0 Å². The summed E-state index contributed by atoms with van der Waals surface area (Å²) >= 11 is 1.27. The third-order valence-electron chi connectivity index (χ3n) is 2.22. The first-order chi connectivity index (χ1) is 8.24. The van der Waals surface area contributed by atoms with Crippen molar-refractivity contribution in [3.05, 3.63) is 30.1 Å². The van der Waals surface area contributed by atoms with E-state index in [1.807, 2.05) is 6.07 Å². The topological polar surface area (TPSA) is 54.5 Å². The maximum Gasteiger partial charge on any atom is 0.192 e. The van der Waals surface area contributed by atoms with Crippen LogP contribution in [0, 0.1) is 17.1 Å². The standard InChI is InChI=1S/C11H9FN4S/c1-16-10(8-4-2-3-5-9(8)12)14-15-11(16)17-7-6-13/h2-5H,7H2,1H3. The monoisotopic (exact) mass is 248 g/mol. The van der Waals surface area contributed by atoms with E-state index in [0.717, 1.165) is 0 Å². The number of halogens is 1. The van der Waals surface area contributed by atoms with Crippen LogP contribution < -0.4 is 0 Å². The molecule has 0 radical (unpaired) electrons. The Morgan fingerprint density at radius 2 is 2.18 bits per heavy atom. The molecule has 0 saturated carbocycles. The summed E-state index contributed by atoms with van der Waals surface area (Å²) in [4.78, 5) is 0. The number of benzene rings is 1. The average Bonchev–Trinajstić information content (AvgIpc) is 2.69. The summed E-state index contributed by atoms with van der Waals surface area (Å²) in [5, 5.41) is 17.0. The molecule has 0 bridgehead atoms. The van der Waals surface area contributed by atoms with Crippen molar-refractivity contribution in [2.45, 2.75) is 5.16 Å². The summed E-state index contributed by atoms with van der Waals surface area (Å²) in [5.41, 5.74) is 0.409. The zero-order chi connectivity index (χ0) is 12.3. The average molecular weight is 248 g/mol. The number of nitriles is 1. The lowest BCUT2D eigenvalue weighted by Gasteiger charge is -2.03. The van der Waals surface area contributed by atoms with E-state index in [-0.39, 0.29) is 5.82 Å². The lowest BCUT2D eigenvalue weighted by atomic mass is 10.2. The van der Waals surface area contributed by atoms with Gasteiger partial charge in [0.1, 0.15) is 5.82 Å². The molecule has 0 unspecified atom stereocenters. The van der Waals surface area contributed by atoms with E-state index in [4.69, 9.17) is 5.26 Å². The van der Waals surface area contributed by atoms with Crippen molar-refractivity contribution in [3.63, 3.8) is 0 Å². The molecule has 2 rings (SSSR count). The van der Waals surface area contributed by atoms with Crippen LogP contribution in [-0.4, -0.2) is 20.5 Å². The van der Waals surface area contributed by atoms with Crippen LogP contribution >= 0.6 is 11.8 Å². The first-order valence-electron chi connectivity index (χ1n) is 4.88. The van der Waals surface area contributed by atoms with E-state index < -0.39 is 0 Å². The van der Waals surface area contributed by atoms with Gasteiger partial charge in [-0.15, -0.1) is 10.2 Å². The van der Waals surface area contributed by atoms with Crippen molar-refractivity contribution in [1.82, 2.24) is 14.8 Å². The van der Waals surface area contributed by atoms with E-state index in [0.29, 0.717) is 22.3 Å². The molecule has 0 fully saturated rings. The van der Waals surface area contributed by atoms with Gasteiger partial charge in [-0.05, 0) is 12.1 Å². The van der Waals surface area contributed by atoms with Crippen LogP contribution in [-0.2, 0) is 7.05 Å². The number of hydrogen-bond acceptors (Lipinski definition) is 4. The van der Waals surface area contributed by atoms with E-state index in [1.165, 1.54) is 17.8 Å².